The van der Waals surface area contributed by atoms with Gasteiger partial charge in [-0.05, 0) is 38.5 Å². The molecule has 3 N–H and O–H groups in total. The van der Waals surface area contributed by atoms with Crippen molar-refractivity contribution in [2.45, 2.75) is 212 Å². The second-order valence-corrected chi connectivity index (χ2v) is 17.9. The molecule has 0 aromatic rings. The van der Waals surface area contributed by atoms with Gasteiger partial charge in [-0.2, -0.15) is 0 Å². The highest BCUT2D eigenvalue weighted by Crippen LogP contribution is 2.43. The van der Waals surface area contributed by atoms with Crippen LogP contribution in [0.3, 0.4) is 0 Å². The SMILES string of the molecule is CCCC/C=C\CCCCCCCC(=O)NC(COP(=O)(O)OCC[N+](C)(C)C)C(O)/C=C/CCCCCCCCCCCCCCCCCCCC. The lowest BCUT2D eigenvalue weighted by Gasteiger charge is -2.25. The van der Waals surface area contributed by atoms with Crippen LogP contribution in [0, 0.1) is 0 Å². The minimum absolute atomic E-state index is 0.0608. The third kappa shape index (κ3) is 39.0. The molecule has 0 aliphatic rings. The minimum atomic E-state index is -4.33. The van der Waals surface area contributed by atoms with E-state index in [2.05, 4.69) is 31.3 Å². The summed E-state index contributed by atoms with van der Waals surface area (Å²) >= 11 is 0. The average Bonchev–Trinajstić information content (AvgIpc) is 3.10. The Kier molecular flexibility index (Phi) is 35.9. The zero-order valence-electron chi connectivity index (χ0n) is 35.5. The van der Waals surface area contributed by atoms with Gasteiger partial charge in [0.05, 0.1) is 39.9 Å². The van der Waals surface area contributed by atoms with Crippen molar-refractivity contribution in [1.29, 1.82) is 0 Å². The number of quaternary nitrogens is 1. The van der Waals surface area contributed by atoms with Crippen molar-refractivity contribution in [2.75, 3.05) is 40.9 Å². The molecule has 0 aromatic heterocycles. The molecular weight excluding hydrogens is 683 g/mol. The highest BCUT2D eigenvalue weighted by atomic mass is 31.2. The fourth-order valence-corrected chi connectivity index (χ4v) is 7.05. The van der Waals surface area contributed by atoms with Crippen molar-refractivity contribution in [3.63, 3.8) is 0 Å². The monoisotopic (exact) mass is 772 g/mol. The molecule has 314 valence electrons. The molecule has 3 atom stereocenters. The summed E-state index contributed by atoms with van der Waals surface area (Å²) in [5, 5.41) is 13.8. The van der Waals surface area contributed by atoms with Crippen molar-refractivity contribution >= 4 is 13.7 Å². The number of carbonyl (C=O) groups is 1. The van der Waals surface area contributed by atoms with Crippen LogP contribution in [-0.4, -0.2) is 73.4 Å². The van der Waals surface area contributed by atoms with E-state index in [1.807, 2.05) is 27.2 Å². The quantitative estimate of drug-likeness (QED) is 0.0248. The summed E-state index contributed by atoms with van der Waals surface area (Å²) in [4.78, 5) is 23.0. The number of phosphoric acid groups is 1. The molecule has 0 spiro atoms. The van der Waals surface area contributed by atoms with Gasteiger partial charge in [-0.15, -0.1) is 0 Å². The van der Waals surface area contributed by atoms with Gasteiger partial charge in [-0.1, -0.05) is 179 Å². The molecule has 0 heterocycles. The summed E-state index contributed by atoms with van der Waals surface area (Å²) < 4.78 is 23.5. The molecule has 0 fully saturated rings. The molecule has 0 aromatic carbocycles. The van der Waals surface area contributed by atoms with Crippen LogP contribution in [0.25, 0.3) is 0 Å². The Morgan fingerprint density at radius 3 is 1.51 bits per heavy atom. The molecule has 0 saturated carbocycles. The van der Waals surface area contributed by atoms with E-state index in [9.17, 15) is 19.4 Å². The van der Waals surface area contributed by atoms with Crippen molar-refractivity contribution < 1.29 is 32.9 Å². The predicted octanol–water partition coefficient (Wildman–Crippen LogP) is 12.1. The molecule has 0 bridgehead atoms. The summed E-state index contributed by atoms with van der Waals surface area (Å²) in [6, 6.07) is -0.846. The Morgan fingerprint density at radius 2 is 1.04 bits per heavy atom. The third-order valence-electron chi connectivity index (χ3n) is 9.92. The number of aliphatic hydroxyl groups is 1. The van der Waals surface area contributed by atoms with E-state index in [1.165, 1.54) is 128 Å². The molecule has 53 heavy (non-hydrogen) atoms. The summed E-state index contributed by atoms with van der Waals surface area (Å²) in [6.07, 6.45) is 42.5. The first kappa shape index (κ1) is 52.0. The standard InChI is InChI=1S/C44H87N2O6P/c1-6-8-10-12-14-16-18-19-20-21-22-23-24-25-26-28-29-31-33-35-37-43(47)42(41-52-53(49,50)51-40-39-46(3,4)5)45-44(48)38-36-34-32-30-27-17-15-13-11-9-7-2/h13,15,35,37,42-43,47H,6-12,14,16-34,36,38-41H2,1-5H3,(H-,45,48,49,50)/p+1/b15-13-,37-35+. The molecule has 0 aliphatic heterocycles. The second-order valence-electron chi connectivity index (χ2n) is 16.4. The van der Waals surface area contributed by atoms with Gasteiger partial charge in [0.1, 0.15) is 13.2 Å². The Morgan fingerprint density at radius 1 is 0.623 bits per heavy atom. The number of phosphoric ester groups is 1. The highest BCUT2D eigenvalue weighted by molar-refractivity contribution is 7.47. The number of allylic oxidation sites excluding steroid dienone is 3. The number of nitrogens with zero attached hydrogens (tertiary/aromatic N) is 1. The topological polar surface area (TPSA) is 105 Å². The average molecular weight is 772 g/mol. The zero-order chi connectivity index (χ0) is 39.3. The van der Waals surface area contributed by atoms with Crippen molar-refractivity contribution in [2.24, 2.45) is 0 Å². The van der Waals surface area contributed by atoms with Crippen LogP contribution in [0.1, 0.15) is 200 Å². The van der Waals surface area contributed by atoms with Crippen LogP contribution >= 0.6 is 7.82 Å². The van der Waals surface area contributed by atoms with Crippen molar-refractivity contribution in [3.05, 3.63) is 24.3 Å². The van der Waals surface area contributed by atoms with Crippen LogP contribution in [0.4, 0.5) is 0 Å². The number of hydrogen-bond acceptors (Lipinski definition) is 5. The van der Waals surface area contributed by atoms with Crippen LogP contribution in [0.15, 0.2) is 24.3 Å². The van der Waals surface area contributed by atoms with E-state index >= 15 is 0 Å². The first-order chi connectivity index (χ1) is 25.5. The lowest BCUT2D eigenvalue weighted by Crippen LogP contribution is -2.45. The van der Waals surface area contributed by atoms with Gasteiger partial charge in [-0.3, -0.25) is 13.8 Å². The number of amides is 1. The first-order valence-corrected chi connectivity index (χ1v) is 23.7. The number of aliphatic hydroxyl groups excluding tert-OH is 1. The van der Waals surface area contributed by atoms with Gasteiger partial charge in [0.25, 0.3) is 0 Å². The van der Waals surface area contributed by atoms with Gasteiger partial charge in [0.15, 0.2) is 0 Å². The maximum Gasteiger partial charge on any atom is 0.472 e. The molecular formula is C44H88N2O6P+. The smallest absolute Gasteiger partial charge is 0.387 e. The van der Waals surface area contributed by atoms with E-state index in [1.54, 1.807) is 6.08 Å². The largest absolute Gasteiger partial charge is 0.472 e. The summed E-state index contributed by atoms with van der Waals surface area (Å²) in [7, 11) is 1.57. The van der Waals surface area contributed by atoms with Crippen LogP contribution in [0.5, 0.6) is 0 Å². The molecule has 0 aliphatic carbocycles. The van der Waals surface area contributed by atoms with E-state index in [0.29, 0.717) is 17.4 Å². The molecule has 9 heteroatoms. The van der Waals surface area contributed by atoms with Gasteiger partial charge in [0, 0.05) is 6.42 Å². The number of unbranched alkanes of at least 4 members (excludes halogenated alkanes) is 25. The Balaban J connectivity index is 4.36. The van der Waals surface area contributed by atoms with Crippen LogP contribution in [0.2, 0.25) is 0 Å². The fourth-order valence-electron chi connectivity index (χ4n) is 6.32. The zero-order valence-corrected chi connectivity index (χ0v) is 36.4. The Labute approximate surface area is 328 Å². The van der Waals surface area contributed by atoms with Gasteiger partial charge in [-0.25, -0.2) is 4.57 Å². The lowest BCUT2D eigenvalue weighted by molar-refractivity contribution is -0.870. The maximum absolute atomic E-state index is 12.8. The van der Waals surface area contributed by atoms with E-state index < -0.39 is 20.0 Å². The molecule has 1 amide bonds. The maximum atomic E-state index is 12.8. The third-order valence-corrected chi connectivity index (χ3v) is 10.9. The van der Waals surface area contributed by atoms with Gasteiger partial charge in [0.2, 0.25) is 5.91 Å². The number of nitrogens with one attached hydrogen (secondary N) is 1. The fraction of sp³-hybridized carbons (Fsp3) is 0.886. The normalized spacial score (nSPS) is 14.6. The first-order valence-electron chi connectivity index (χ1n) is 22.2. The highest BCUT2D eigenvalue weighted by Gasteiger charge is 2.27. The number of rotatable bonds is 40. The lowest BCUT2D eigenvalue weighted by atomic mass is 10.0. The van der Waals surface area contributed by atoms with Crippen LogP contribution < -0.4 is 5.32 Å². The second kappa shape index (κ2) is 36.6. The van der Waals surface area contributed by atoms with Gasteiger partial charge >= 0.3 is 7.82 Å². The summed E-state index contributed by atoms with van der Waals surface area (Å²) in [6.45, 7) is 4.77. The van der Waals surface area contributed by atoms with E-state index in [0.717, 1.165) is 51.4 Å². The van der Waals surface area contributed by atoms with Crippen LogP contribution in [-0.2, 0) is 18.4 Å². The molecule has 0 radical (unpaired) electrons. The number of carbonyl (C=O) groups excluding carboxylic acids is 1. The Hall–Kier alpha value is -1.02. The van der Waals surface area contributed by atoms with Crippen molar-refractivity contribution in [3.8, 4) is 0 Å². The summed E-state index contributed by atoms with van der Waals surface area (Å²) in [5.41, 5.74) is 0. The summed E-state index contributed by atoms with van der Waals surface area (Å²) in [5.74, 6) is -0.188. The minimum Gasteiger partial charge on any atom is -0.387 e. The molecule has 3 unspecified atom stereocenters. The Bertz CT molecular complexity index is 922. The molecule has 0 rings (SSSR count). The number of likely N-dealkylation sites (N-methyl/N-ethyl adjacent to an activating group) is 1. The van der Waals surface area contributed by atoms with E-state index in [-0.39, 0.29) is 19.1 Å². The molecule has 8 nitrogen and oxygen atoms in total. The van der Waals surface area contributed by atoms with Crippen molar-refractivity contribution in [1.82, 2.24) is 5.32 Å². The van der Waals surface area contributed by atoms with E-state index in [4.69, 9.17) is 9.05 Å². The number of hydrogen-bond donors (Lipinski definition) is 3. The van der Waals surface area contributed by atoms with Gasteiger partial charge < -0.3 is 19.8 Å². The predicted molar refractivity (Wildman–Crippen MR) is 226 cm³/mol. The molecule has 0 saturated heterocycles.